The first-order valence-electron chi connectivity index (χ1n) is 4.30. The summed E-state index contributed by atoms with van der Waals surface area (Å²) in [5, 5.41) is 0. The number of esters is 1. The van der Waals surface area contributed by atoms with Crippen LogP contribution in [0, 0.1) is 5.92 Å². The van der Waals surface area contributed by atoms with Gasteiger partial charge in [0.1, 0.15) is 0 Å². The van der Waals surface area contributed by atoms with Crippen LogP contribution in [0.3, 0.4) is 0 Å². The number of methoxy groups -OCH3 is 1. The van der Waals surface area contributed by atoms with Crippen LogP contribution in [0.2, 0.25) is 0 Å². The SMILES string of the molecule is COC(=O)[C@H]1[C@@H](I)[C@@H](C)OC1(C)C. The molecule has 0 aliphatic carbocycles. The van der Waals surface area contributed by atoms with Crippen LogP contribution in [-0.2, 0) is 14.3 Å². The van der Waals surface area contributed by atoms with E-state index in [1.807, 2.05) is 20.8 Å². The molecule has 76 valence electrons. The lowest BCUT2D eigenvalue weighted by molar-refractivity contribution is -0.150. The molecular weight excluding hydrogens is 283 g/mol. The van der Waals surface area contributed by atoms with E-state index in [4.69, 9.17) is 9.47 Å². The Kier molecular flexibility index (Phi) is 3.22. The molecule has 0 radical (unpaired) electrons. The summed E-state index contributed by atoms with van der Waals surface area (Å²) in [5.41, 5.74) is -0.404. The van der Waals surface area contributed by atoms with Gasteiger partial charge >= 0.3 is 5.97 Å². The van der Waals surface area contributed by atoms with Crippen LogP contribution in [0.5, 0.6) is 0 Å². The van der Waals surface area contributed by atoms with Crippen molar-refractivity contribution in [2.75, 3.05) is 7.11 Å². The van der Waals surface area contributed by atoms with E-state index in [9.17, 15) is 4.79 Å². The topological polar surface area (TPSA) is 35.5 Å². The molecule has 0 saturated carbocycles. The third-order valence-electron chi connectivity index (χ3n) is 2.46. The van der Waals surface area contributed by atoms with Crippen molar-refractivity contribution in [3.8, 4) is 0 Å². The van der Waals surface area contributed by atoms with E-state index in [0.717, 1.165) is 0 Å². The minimum Gasteiger partial charge on any atom is -0.469 e. The van der Waals surface area contributed by atoms with E-state index in [-0.39, 0.29) is 21.9 Å². The third-order valence-corrected chi connectivity index (χ3v) is 4.19. The van der Waals surface area contributed by atoms with Gasteiger partial charge in [-0.3, -0.25) is 4.79 Å². The van der Waals surface area contributed by atoms with Crippen molar-refractivity contribution in [1.82, 2.24) is 0 Å². The van der Waals surface area contributed by atoms with Gasteiger partial charge in [-0.2, -0.15) is 0 Å². The zero-order valence-corrected chi connectivity index (χ0v) is 10.5. The number of hydrogen-bond acceptors (Lipinski definition) is 3. The molecule has 1 fully saturated rings. The van der Waals surface area contributed by atoms with E-state index in [1.165, 1.54) is 7.11 Å². The molecule has 3 atom stereocenters. The number of hydrogen-bond donors (Lipinski definition) is 0. The Morgan fingerprint density at radius 2 is 2.08 bits per heavy atom. The maximum atomic E-state index is 11.5. The molecule has 0 aromatic carbocycles. The van der Waals surface area contributed by atoms with Crippen molar-refractivity contribution in [1.29, 1.82) is 0 Å². The Morgan fingerprint density at radius 3 is 2.38 bits per heavy atom. The van der Waals surface area contributed by atoms with Crippen molar-refractivity contribution in [2.45, 2.75) is 36.4 Å². The molecule has 0 N–H and O–H groups in total. The molecule has 0 aromatic rings. The molecule has 1 aliphatic heterocycles. The summed E-state index contributed by atoms with van der Waals surface area (Å²) in [6.07, 6.45) is 0.111. The van der Waals surface area contributed by atoms with Gasteiger partial charge in [0.2, 0.25) is 0 Å². The Balaban J connectivity index is 2.87. The van der Waals surface area contributed by atoms with Crippen LogP contribution in [0.4, 0.5) is 0 Å². The molecule has 0 amide bonds. The predicted molar refractivity (Wildman–Crippen MR) is 57.9 cm³/mol. The lowest BCUT2D eigenvalue weighted by Crippen LogP contribution is -2.37. The van der Waals surface area contributed by atoms with Gasteiger partial charge in [0.25, 0.3) is 0 Å². The summed E-state index contributed by atoms with van der Waals surface area (Å²) >= 11 is 2.26. The molecule has 0 aromatic heterocycles. The van der Waals surface area contributed by atoms with Gasteiger partial charge < -0.3 is 9.47 Å². The van der Waals surface area contributed by atoms with Gasteiger partial charge in [0.15, 0.2) is 0 Å². The van der Waals surface area contributed by atoms with Gasteiger partial charge in [0.05, 0.1) is 28.7 Å². The van der Waals surface area contributed by atoms with Crippen LogP contribution in [0.15, 0.2) is 0 Å². The fourth-order valence-electron chi connectivity index (χ4n) is 1.81. The Bertz CT molecular complexity index is 215. The lowest BCUT2D eigenvalue weighted by atomic mass is 9.90. The maximum absolute atomic E-state index is 11.5. The summed E-state index contributed by atoms with van der Waals surface area (Å²) < 4.78 is 10.6. The monoisotopic (exact) mass is 298 g/mol. The largest absolute Gasteiger partial charge is 0.469 e. The fraction of sp³-hybridized carbons (Fsp3) is 0.889. The lowest BCUT2D eigenvalue weighted by Gasteiger charge is -2.24. The summed E-state index contributed by atoms with van der Waals surface area (Å²) in [7, 11) is 1.42. The molecule has 1 aliphatic rings. The summed E-state index contributed by atoms with van der Waals surface area (Å²) in [4.78, 5) is 11.5. The average molecular weight is 298 g/mol. The van der Waals surface area contributed by atoms with Crippen molar-refractivity contribution in [3.63, 3.8) is 0 Å². The second-order valence-corrected chi connectivity index (χ2v) is 5.31. The van der Waals surface area contributed by atoms with Gasteiger partial charge in [-0.1, -0.05) is 22.6 Å². The number of carbonyl (C=O) groups excluding carboxylic acids is 1. The minimum absolute atomic E-state index is 0.111. The first-order valence-corrected chi connectivity index (χ1v) is 5.54. The first-order chi connectivity index (χ1) is 5.90. The highest BCUT2D eigenvalue weighted by Gasteiger charge is 2.51. The normalized spacial score (nSPS) is 37.5. The third kappa shape index (κ3) is 1.98. The van der Waals surface area contributed by atoms with Crippen molar-refractivity contribution in [3.05, 3.63) is 0 Å². The van der Waals surface area contributed by atoms with Gasteiger partial charge in [-0.25, -0.2) is 0 Å². The van der Waals surface area contributed by atoms with Gasteiger partial charge in [-0.05, 0) is 20.8 Å². The molecule has 13 heavy (non-hydrogen) atoms. The second kappa shape index (κ2) is 3.73. The van der Waals surface area contributed by atoms with Crippen LogP contribution in [-0.4, -0.2) is 28.7 Å². The Labute approximate surface area is 92.3 Å². The highest BCUT2D eigenvalue weighted by Crippen LogP contribution is 2.40. The number of carbonyl (C=O) groups is 1. The van der Waals surface area contributed by atoms with Crippen LogP contribution < -0.4 is 0 Å². The number of halogens is 1. The summed E-state index contributed by atoms with van der Waals surface area (Å²) in [5.74, 6) is -0.332. The number of ether oxygens (including phenoxy) is 2. The standard InChI is InChI=1S/C9H15IO3/c1-5-7(10)6(8(11)12-4)9(2,3)13-5/h5-7H,1-4H3/t5-,6-,7+/m1/s1. The highest BCUT2D eigenvalue weighted by molar-refractivity contribution is 14.1. The zero-order chi connectivity index (χ0) is 10.2. The number of alkyl halides is 1. The van der Waals surface area contributed by atoms with E-state index in [2.05, 4.69) is 22.6 Å². The van der Waals surface area contributed by atoms with E-state index in [1.54, 1.807) is 0 Å². The van der Waals surface area contributed by atoms with Crippen molar-refractivity contribution >= 4 is 28.6 Å². The molecule has 3 nitrogen and oxygen atoms in total. The van der Waals surface area contributed by atoms with E-state index in [0.29, 0.717) is 0 Å². The Morgan fingerprint density at radius 1 is 1.54 bits per heavy atom. The van der Waals surface area contributed by atoms with Crippen molar-refractivity contribution in [2.24, 2.45) is 5.92 Å². The van der Waals surface area contributed by atoms with Crippen LogP contribution in [0.25, 0.3) is 0 Å². The van der Waals surface area contributed by atoms with Gasteiger partial charge in [-0.15, -0.1) is 0 Å². The number of rotatable bonds is 1. The Hall–Kier alpha value is 0.160. The first kappa shape index (κ1) is 11.2. The smallest absolute Gasteiger partial charge is 0.312 e. The minimum atomic E-state index is -0.404. The van der Waals surface area contributed by atoms with E-state index < -0.39 is 5.60 Å². The van der Waals surface area contributed by atoms with Crippen LogP contribution in [0.1, 0.15) is 20.8 Å². The predicted octanol–water partition coefficient (Wildman–Crippen LogP) is 1.78. The molecule has 0 bridgehead atoms. The molecule has 0 unspecified atom stereocenters. The second-order valence-electron chi connectivity index (χ2n) is 3.87. The molecule has 0 spiro atoms. The highest BCUT2D eigenvalue weighted by atomic mass is 127. The quantitative estimate of drug-likeness (QED) is 0.420. The molecule has 4 heteroatoms. The zero-order valence-electron chi connectivity index (χ0n) is 8.33. The van der Waals surface area contributed by atoms with Gasteiger partial charge in [0, 0.05) is 0 Å². The average Bonchev–Trinajstić information content (AvgIpc) is 2.21. The maximum Gasteiger partial charge on any atom is 0.312 e. The van der Waals surface area contributed by atoms with Crippen LogP contribution >= 0.6 is 22.6 Å². The van der Waals surface area contributed by atoms with Crippen molar-refractivity contribution < 1.29 is 14.3 Å². The molecule has 1 rings (SSSR count). The molecule has 1 heterocycles. The fourth-order valence-corrected chi connectivity index (χ4v) is 3.12. The molecule has 1 saturated heterocycles. The summed E-state index contributed by atoms with van der Waals surface area (Å²) in [6.45, 7) is 5.86. The summed E-state index contributed by atoms with van der Waals surface area (Å²) in [6, 6.07) is 0. The van der Waals surface area contributed by atoms with E-state index >= 15 is 0 Å². The molecular formula is C9H15IO3.